The quantitative estimate of drug-likeness (QED) is 0.675. The first-order chi connectivity index (χ1) is 12.4. The highest BCUT2D eigenvalue weighted by Gasteiger charge is 2.20. The summed E-state index contributed by atoms with van der Waals surface area (Å²) in [6.45, 7) is -2.98. The molecule has 0 fully saturated rings. The molecule has 0 aliphatic rings. The maximum atomic E-state index is 12.5. The molecule has 2 aromatic carbocycles. The lowest BCUT2D eigenvalue weighted by molar-refractivity contribution is -0.141. The van der Waals surface area contributed by atoms with E-state index in [-0.39, 0.29) is 17.7 Å². The lowest BCUT2D eigenvalue weighted by Gasteiger charge is -2.18. The number of hydrogen-bond acceptors (Lipinski definition) is 4. The van der Waals surface area contributed by atoms with Crippen LogP contribution in [0.2, 0.25) is 0 Å². The van der Waals surface area contributed by atoms with Crippen molar-refractivity contribution in [3.05, 3.63) is 64.1 Å². The van der Waals surface area contributed by atoms with E-state index < -0.39 is 24.5 Å². The molecule has 1 amide bonds. The predicted molar refractivity (Wildman–Crippen MR) is 94.1 cm³/mol. The molecule has 0 aliphatic heterocycles. The SMILES string of the molecule is COC(=O)CC(NC(=O)c1cccc(OC(F)F)c1)c1ccc(Br)cc1. The zero-order valence-corrected chi connectivity index (χ0v) is 15.3. The van der Waals surface area contributed by atoms with Gasteiger partial charge in [-0.05, 0) is 35.9 Å². The number of nitrogens with one attached hydrogen (secondary N) is 1. The summed E-state index contributed by atoms with van der Waals surface area (Å²) in [5.74, 6) is -1.14. The highest BCUT2D eigenvalue weighted by Crippen LogP contribution is 2.22. The molecule has 1 unspecified atom stereocenters. The third kappa shape index (κ3) is 5.80. The second kappa shape index (κ2) is 9.28. The Bertz CT molecular complexity index is 768. The third-order valence-electron chi connectivity index (χ3n) is 3.50. The largest absolute Gasteiger partial charge is 0.469 e. The molecule has 0 radical (unpaired) electrons. The highest BCUT2D eigenvalue weighted by molar-refractivity contribution is 9.10. The van der Waals surface area contributed by atoms with Crippen LogP contribution in [0.3, 0.4) is 0 Å². The number of carbonyl (C=O) groups excluding carboxylic acids is 2. The number of ether oxygens (including phenoxy) is 2. The molecule has 0 aliphatic carbocycles. The lowest BCUT2D eigenvalue weighted by atomic mass is 10.0. The fraction of sp³-hybridized carbons (Fsp3) is 0.222. The van der Waals surface area contributed by atoms with Gasteiger partial charge in [0.15, 0.2) is 0 Å². The summed E-state index contributed by atoms with van der Waals surface area (Å²) in [5, 5.41) is 2.72. The van der Waals surface area contributed by atoms with Crippen molar-refractivity contribution in [1.29, 1.82) is 0 Å². The molecule has 0 spiro atoms. The molecule has 138 valence electrons. The normalized spacial score (nSPS) is 11.7. The maximum absolute atomic E-state index is 12.5. The lowest BCUT2D eigenvalue weighted by Crippen LogP contribution is -2.30. The molecule has 5 nitrogen and oxygen atoms in total. The number of hydrogen-bond donors (Lipinski definition) is 1. The van der Waals surface area contributed by atoms with Gasteiger partial charge < -0.3 is 14.8 Å². The van der Waals surface area contributed by atoms with Crippen molar-refractivity contribution < 1.29 is 27.8 Å². The maximum Gasteiger partial charge on any atom is 0.387 e. The number of esters is 1. The number of rotatable bonds is 7. The van der Waals surface area contributed by atoms with Crippen LogP contribution in [0, 0.1) is 0 Å². The molecular weight excluding hydrogens is 412 g/mol. The molecule has 26 heavy (non-hydrogen) atoms. The molecule has 0 heterocycles. The van der Waals surface area contributed by atoms with Gasteiger partial charge in [0.25, 0.3) is 5.91 Å². The summed E-state index contributed by atoms with van der Waals surface area (Å²) in [4.78, 5) is 24.2. The van der Waals surface area contributed by atoms with E-state index in [0.29, 0.717) is 5.56 Å². The Morgan fingerprint density at radius 1 is 1.15 bits per heavy atom. The van der Waals surface area contributed by atoms with E-state index in [0.717, 1.165) is 4.47 Å². The summed E-state index contributed by atoms with van der Waals surface area (Å²) in [7, 11) is 1.26. The molecule has 0 bridgehead atoms. The standard InChI is InChI=1S/C18H16BrF2NO4/c1-25-16(23)10-15(11-5-7-13(19)8-6-11)22-17(24)12-3-2-4-14(9-12)26-18(20)21/h2-9,15,18H,10H2,1H3,(H,22,24). The van der Waals surface area contributed by atoms with Gasteiger partial charge in [0.05, 0.1) is 19.6 Å². The zero-order valence-electron chi connectivity index (χ0n) is 13.7. The molecule has 1 atom stereocenters. The summed E-state index contributed by atoms with van der Waals surface area (Å²) in [6, 6.07) is 11.9. The smallest absolute Gasteiger partial charge is 0.387 e. The predicted octanol–water partition coefficient (Wildman–Crippen LogP) is 4.08. The molecule has 0 aromatic heterocycles. The molecule has 0 saturated carbocycles. The van der Waals surface area contributed by atoms with Gasteiger partial charge in [0.1, 0.15) is 5.75 Å². The van der Waals surface area contributed by atoms with E-state index in [1.807, 2.05) is 0 Å². The van der Waals surface area contributed by atoms with Crippen LogP contribution in [0.5, 0.6) is 5.75 Å². The summed E-state index contributed by atoms with van der Waals surface area (Å²) >= 11 is 3.32. The van der Waals surface area contributed by atoms with E-state index >= 15 is 0 Å². The molecule has 8 heteroatoms. The Kier molecular flexibility index (Phi) is 7.08. The van der Waals surface area contributed by atoms with Crippen LogP contribution in [0.15, 0.2) is 53.0 Å². The Morgan fingerprint density at radius 2 is 1.85 bits per heavy atom. The fourth-order valence-electron chi connectivity index (χ4n) is 2.25. The van der Waals surface area contributed by atoms with Gasteiger partial charge >= 0.3 is 12.6 Å². The fourth-order valence-corrected chi connectivity index (χ4v) is 2.52. The third-order valence-corrected chi connectivity index (χ3v) is 4.03. The molecule has 2 rings (SSSR count). The van der Waals surface area contributed by atoms with Crippen molar-refractivity contribution in [2.45, 2.75) is 19.1 Å². The van der Waals surface area contributed by atoms with Crippen molar-refractivity contribution in [1.82, 2.24) is 5.32 Å². The number of methoxy groups -OCH3 is 1. The van der Waals surface area contributed by atoms with Gasteiger partial charge in [-0.1, -0.05) is 34.1 Å². The first-order valence-electron chi connectivity index (χ1n) is 7.57. The minimum atomic E-state index is -2.98. The van der Waals surface area contributed by atoms with Crippen LogP contribution < -0.4 is 10.1 Å². The Hall–Kier alpha value is -2.48. The summed E-state index contributed by atoms with van der Waals surface area (Å²) in [6.07, 6.45) is -0.0723. The summed E-state index contributed by atoms with van der Waals surface area (Å²) < 4.78 is 34.5. The van der Waals surface area contributed by atoms with Gasteiger partial charge in [-0.2, -0.15) is 8.78 Å². The molecular formula is C18H16BrF2NO4. The number of alkyl halides is 2. The van der Waals surface area contributed by atoms with E-state index in [2.05, 4.69) is 30.7 Å². The van der Waals surface area contributed by atoms with Crippen molar-refractivity contribution >= 4 is 27.8 Å². The van der Waals surface area contributed by atoms with E-state index in [1.165, 1.54) is 31.4 Å². The van der Waals surface area contributed by atoms with Crippen LogP contribution in [0.25, 0.3) is 0 Å². The molecule has 0 saturated heterocycles. The Labute approximate surface area is 157 Å². The second-order valence-electron chi connectivity index (χ2n) is 5.26. The molecule has 1 N–H and O–H groups in total. The van der Waals surface area contributed by atoms with E-state index in [1.54, 1.807) is 24.3 Å². The Balaban J connectivity index is 2.20. The van der Waals surface area contributed by atoms with Crippen molar-refractivity contribution in [3.8, 4) is 5.75 Å². The highest BCUT2D eigenvalue weighted by atomic mass is 79.9. The number of amides is 1. The first-order valence-corrected chi connectivity index (χ1v) is 8.36. The summed E-state index contributed by atoms with van der Waals surface area (Å²) in [5.41, 5.74) is 0.835. The van der Waals surface area contributed by atoms with Gasteiger partial charge in [0, 0.05) is 10.0 Å². The minimum Gasteiger partial charge on any atom is -0.469 e. The van der Waals surface area contributed by atoms with Crippen molar-refractivity contribution in [3.63, 3.8) is 0 Å². The number of benzene rings is 2. The number of halogens is 3. The van der Waals surface area contributed by atoms with E-state index in [9.17, 15) is 18.4 Å². The number of carbonyl (C=O) groups is 2. The minimum absolute atomic E-state index is 0.0723. The van der Waals surface area contributed by atoms with Gasteiger partial charge in [0.2, 0.25) is 0 Å². The molecule has 2 aromatic rings. The monoisotopic (exact) mass is 427 g/mol. The van der Waals surface area contributed by atoms with Crippen LogP contribution in [-0.2, 0) is 9.53 Å². The van der Waals surface area contributed by atoms with Gasteiger partial charge in [-0.15, -0.1) is 0 Å². The zero-order chi connectivity index (χ0) is 19.1. The van der Waals surface area contributed by atoms with Gasteiger partial charge in [-0.25, -0.2) is 0 Å². The second-order valence-corrected chi connectivity index (χ2v) is 6.18. The Morgan fingerprint density at radius 3 is 2.46 bits per heavy atom. The van der Waals surface area contributed by atoms with Crippen LogP contribution in [0.1, 0.15) is 28.4 Å². The van der Waals surface area contributed by atoms with Crippen LogP contribution >= 0.6 is 15.9 Å². The first kappa shape index (κ1) is 19.8. The average Bonchev–Trinajstić information content (AvgIpc) is 2.61. The van der Waals surface area contributed by atoms with Crippen molar-refractivity contribution in [2.75, 3.05) is 7.11 Å². The van der Waals surface area contributed by atoms with Crippen molar-refractivity contribution in [2.24, 2.45) is 0 Å². The van der Waals surface area contributed by atoms with E-state index in [4.69, 9.17) is 0 Å². The topological polar surface area (TPSA) is 64.6 Å². The van der Waals surface area contributed by atoms with Crippen LogP contribution in [-0.4, -0.2) is 25.6 Å². The average molecular weight is 428 g/mol. The van der Waals surface area contributed by atoms with Gasteiger partial charge in [-0.3, -0.25) is 9.59 Å². The van der Waals surface area contributed by atoms with Crippen LogP contribution in [0.4, 0.5) is 8.78 Å².